The first-order valence-corrected chi connectivity index (χ1v) is 7.29. The summed E-state index contributed by atoms with van der Waals surface area (Å²) in [6.07, 6.45) is 0.704. The van der Waals surface area contributed by atoms with E-state index in [1.165, 1.54) is 0 Å². The summed E-state index contributed by atoms with van der Waals surface area (Å²) in [5, 5.41) is 14.0. The second-order valence-corrected chi connectivity index (χ2v) is 5.98. The quantitative estimate of drug-likeness (QED) is 0.889. The third kappa shape index (κ3) is 2.23. The van der Waals surface area contributed by atoms with Gasteiger partial charge in [0.1, 0.15) is 0 Å². The summed E-state index contributed by atoms with van der Waals surface area (Å²) in [6, 6.07) is 7.20. The first kappa shape index (κ1) is 13.6. The van der Waals surface area contributed by atoms with Crippen LogP contribution in [0.3, 0.4) is 0 Å². The highest BCUT2D eigenvalue weighted by molar-refractivity contribution is 9.10. The number of carbonyl (C=O) groups is 2. The smallest absolute Gasteiger partial charge is 0.230 e. The number of anilines is 1. The zero-order valence-electron chi connectivity index (χ0n) is 10.5. The Bertz CT molecular complexity index is 562. The zero-order chi connectivity index (χ0) is 14.3. The molecule has 2 aliphatic heterocycles. The maximum atomic E-state index is 12.4. The second-order valence-electron chi connectivity index (χ2n) is 5.13. The van der Waals surface area contributed by atoms with Gasteiger partial charge in [0.15, 0.2) is 0 Å². The van der Waals surface area contributed by atoms with Crippen LogP contribution in [0.5, 0.6) is 0 Å². The first-order valence-electron chi connectivity index (χ1n) is 6.49. The molecular formula is C14H13BrNO4-. The van der Waals surface area contributed by atoms with Crippen molar-refractivity contribution in [2.24, 2.45) is 11.8 Å². The van der Waals surface area contributed by atoms with Gasteiger partial charge in [0.25, 0.3) is 0 Å². The van der Waals surface area contributed by atoms with E-state index < -0.39 is 17.8 Å². The number of carboxylic acid groups (broad SMARTS) is 1. The molecule has 0 aromatic heterocycles. The molecule has 1 aromatic rings. The minimum Gasteiger partial charge on any atom is -0.550 e. The highest BCUT2D eigenvalue weighted by atomic mass is 79.9. The van der Waals surface area contributed by atoms with E-state index in [1.54, 1.807) is 12.1 Å². The topological polar surface area (TPSA) is 78.5 Å². The van der Waals surface area contributed by atoms with E-state index in [1.807, 2.05) is 12.1 Å². The van der Waals surface area contributed by atoms with Crippen molar-refractivity contribution in [3.8, 4) is 0 Å². The third-order valence-corrected chi connectivity index (χ3v) is 4.67. The van der Waals surface area contributed by atoms with E-state index in [0.29, 0.717) is 12.1 Å². The average molecular weight is 339 g/mol. The van der Waals surface area contributed by atoms with Crippen LogP contribution in [0.2, 0.25) is 0 Å². The van der Waals surface area contributed by atoms with Crippen molar-refractivity contribution in [2.45, 2.75) is 25.0 Å². The standard InChI is InChI=1S/C14H14BrNO4/c15-7-3-1-2-4-8(7)16-13(17)11-9-5-6-10(20-9)12(11)14(18)19/h1-4,9-12H,5-6H2,(H,16,17)(H,18,19)/p-1/t9-,10+,11-,12+/m1/s1. The highest BCUT2D eigenvalue weighted by Gasteiger charge is 2.52. The molecule has 2 aliphatic rings. The molecule has 0 unspecified atom stereocenters. The predicted octanol–water partition coefficient (Wildman–Crippen LogP) is 0.931. The van der Waals surface area contributed by atoms with Crippen LogP contribution in [-0.4, -0.2) is 24.1 Å². The number of fused-ring (bicyclic) bond motifs is 2. The number of aliphatic carboxylic acids is 1. The summed E-state index contributed by atoms with van der Waals surface area (Å²) in [6.45, 7) is 0. The molecule has 3 rings (SSSR count). The predicted molar refractivity (Wildman–Crippen MR) is 72.7 cm³/mol. The molecule has 2 bridgehead atoms. The van der Waals surface area contributed by atoms with Gasteiger partial charge in [0.05, 0.1) is 23.8 Å². The normalized spacial score (nSPS) is 31.2. The summed E-state index contributed by atoms with van der Waals surface area (Å²) in [5.74, 6) is -3.05. The molecule has 0 aliphatic carbocycles. The number of halogens is 1. The van der Waals surface area contributed by atoms with Crippen molar-refractivity contribution in [1.82, 2.24) is 0 Å². The summed E-state index contributed by atoms with van der Waals surface area (Å²) in [5.41, 5.74) is 0.623. The Labute approximate surface area is 124 Å². The molecular weight excluding hydrogens is 326 g/mol. The molecule has 1 N–H and O–H groups in total. The summed E-state index contributed by atoms with van der Waals surface area (Å²) >= 11 is 3.34. The van der Waals surface area contributed by atoms with E-state index in [4.69, 9.17) is 4.74 Å². The van der Waals surface area contributed by atoms with Gasteiger partial charge < -0.3 is 20.0 Å². The molecule has 0 spiro atoms. The zero-order valence-corrected chi connectivity index (χ0v) is 12.1. The SMILES string of the molecule is O=C([O-])[C@@H]1[C@H](C(=O)Nc2ccccc2Br)[C@H]2CC[C@@H]1O2. The van der Waals surface area contributed by atoms with Gasteiger partial charge >= 0.3 is 0 Å². The number of ether oxygens (including phenoxy) is 1. The fraction of sp³-hybridized carbons (Fsp3) is 0.429. The monoisotopic (exact) mass is 338 g/mol. The van der Waals surface area contributed by atoms with E-state index >= 15 is 0 Å². The summed E-state index contributed by atoms with van der Waals surface area (Å²) in [4.78, 5) is 23.6. The summed E-state index contributed by atoms with van der Waals surface area (Å²) in [7, 11) is 0. The lowest BCUT2D eigenvalue weighted by Gasteiger charge is -2.27. The van der Waals surface area contributed by atoms with E-state index in [0.717, 1.165) is 10.9 Å². The second kappa shape index (κ2) is 5.18. The van der Waals surface area contributed by atoms with Crippen molar-refractivity contribution in [1.29, 1.82) is 0 Å². The van der Waals surface area contributed by atoms with Crippen LogP contribution in [0.15, 0.2) is 28.7 Å². The fourth-order valence-electron chi connectivity index (χ4n) is 3.09. The maximum absolute atomic E-state index is 12.4. The number of amides is 1. The lowest BCUT2D eigenvalue weighted by atomic mass is 9.78. The molecule has 5 nitrogen and oxygen atoms in total. The number of nitrogens with one attached hydrogen (secondary N) is 1. The van der Waals surface area contributed by atoms with Crippen molar-refractivity contribution in [2.75, 3.05) is 5.32 Å². The number of carbonyl (C=O) groups excluding carboxylic acids is 2. The Morgan fingerprint density at radius 2 is 1.85 bits per heavy atom. The minimum absolute atomic E-state index is 0.314. The minimum atomic E-state index is -1.20. The summed E-state index contributed by atoms with van der Waals surface area (Å²) < 4.78 is 6.31. The van der Waals surface area contributed by atoms with Crippen LogP contribution >= 0.6 is 15.9 Å². The van der Waals surface area contributed by atoms with Gasteiger partial charge in [-0.2, -0.15) is 0 Å². The molecule has 6 heteroatoms. The Morgan fingerprint density at radius 1 is 1.20 bits per heavy atom. The van der Waals surface area contributed by atoms with E-state index in [2.05, 4.69) is 21.2 Å². The molecule has 2 fully saturated rings. The first-order chi connectivity index (χ1) is 9.58. The molecule has 0 radical (unpaired) electrons. The van der Waals surface area contributed by atoms with Crippen molar-refractivity contribution in [3.05, 3.63) is 28.7 Å². The molecule has 0 saturated carbocycles. The lowest BCUT2D eigenvalue weighted by molar-refractivity contribution is -0.313. The van der Waals surface area contributed by atoms with Crippen LogP contribution in [0.1, 0.15) is 12.8 Å². The number of hydrogen-bond acceptors (Lipinski definition) is 4. The molecule has 1 aromatic carbocycles. The molecule has 4 atom stereocenters. The van der Waals surface area contributed by atoms with Crippen molar-refractivity contribution in [3.63, 3.8) is 0 Å². The molecule has 2 heterocycles. The van der Waals surface area contributed by atoms with Gasteiger partial charge in [-0.25, -0.2) is 0 Å². The Kier molecular flexibility index (Phi) is 3.52. The van der Waals surface area contributed by atoms with Crippen LogP contribution in [0.25, 0.3) is 0 Å². The number of rotatable bonds is 3. The largest absolute Gasteiger partial charge is 0.550 e. The van der Waals surface area contributed by atoms with Gasteiger partial charge in [0.2, 0.25) is 5.91 Å². The van der Waals surface area contributed by atoms with Crippen LogP contribution in [0, 0.1) is 11.8 Å². The Balaban J connectivity index is 1.80. The maximum Gasteiger partial charge on any atom is 0.230 e. The van der Waals surface area contributed by atoms with E-state index in [-0.39, 0.29) is 18.1 Å². The van der Waals surface area contributed by atoms with Gasteiger partial charge in [-0.3, -0.25) is 4.79 Å². The van der Waals surface area contributed by atoms with Gasteiger partial charge in [-0.05, 0) is 40.9 Å². The van der Waals surface area contributed by atoms with Crippen molar-refractivity contribution < 1.29 is 19.4 Å². The van der Waals surface area contributed by atoms with Crippen LogP contribution in [0.4, 0.5) is 5.69 Å². The third-order valence-electron chi connectivity index (χ3n) is 3.98. The molecule has 20 heavy (non-hydrogen) atoms. The number of carboxylic acids is 1. The highest BCUT2D eigenvalue weighted by Crippen LogP contribution is 2.43. The number of benzene rings is 1. The van der Waals surface area contributed by atoms with Crippen LogP contribution < -0.4 is 10.4 Å². The average Bonchev–Trinajstić information content (AvgIpc) is 3.01. The fourth-order valence-corrected chi connectivity index (χ4v) is 3.47. The van der Waals surface area contributed by atoms with Gasteiger partial charge in [0, 0.05) is 16.4 Å². The Morgan fingerprint density at radius 3 is 2.50 bits per heavy atom. The van der Waals surface area contributed by atoms with Gasteiger partial charge in [-0.1, -0.05) is 12.1 Å². The van der Waals surface area contributed by atoms with Crippen molar-refractivity contribution >= 4 is 33.5 Å². The number of hydrogen-bond donors (Lipinski definition) is 1. The molecule has 1 amide bonds. The van der Waals surface area contributed by atoms with E-state index in [9.17, 15) is 14.7 Å². The lowest BCUT2D eigenvalue weighted by Crippen LogP contribution is -2.46. The number of para-hydroxylation sites is 1. The van der Waals surface area contributed by atoms with Gasteiger partial charge in [-0.15, -0.1) is 0 Å². The molecule has 106 valence electrons. The van der Waals surface area contributed by atoms with Crippen LogP contribution in [-0.2, 0) is 14.3 Å². The molecule has 2 saturated heterocycles. The Hall–Kier alpha value is -1.40.